The minimum atomic E-state index is 0.751. The first-order valence-corrected chi connectivity index (χ1v) is 14.9. The number of para-hydroxylation sites is 1. The first-order chi connectivity index (χ1) is 22.3. The highest BCUT2D eigenvalue weighted by atomic mass is 16.3. The standard InChI is InChI=1S/C40H25N3O2/c1-2-12-31(13-3-1)43-36-20-27(26-8-6-10-29(18-26)38-22-41-24-44-38)16-17-34(36)40-33-15-5-4-14-32(33)35(21-37(40)43)28-9-7-11-30(19-28)39-23-42-25-45-39/h1-25H. The van der Waals surface area contributed by atoms with E-state index in [1.807, 2.05) is 0 Å². The molecule has 0 aliphatic rings. The quantitative estimate of drug-likeness (QED) is 0.204. The highest BCUT2D eigenvalue weighted by Gasteiger charge is 2.19. The fourth-order valence-electron chi connectivity index (χ4n) is 6.56. The van der Waals surface area contributed by atoms with Crippen molar-refractivity contribution < 1.29 is 8.83 Å². The Morgan fingerprint density at radius 2 is 1.07 bits per heavy atom. The summed E-state index contributed by atoms with van der Waals surface area (Å²) in [5.74, 6) is 1.50. The predicted molar refractivity (Wildman–Crippen MR) is 180 cm³/mol. The Balaban J connectivity index is 1.34. The van der Waals surface area contributed by atoms with E-state index in [1.165, 1.54) is 39.9 Å². The Kier molecular flexibility index (Phi) is 5.74. The van der Waals surface area contributed by atoms with E-state index < -0.39 is 0 Å². The van der Waals surface area contributed by atoms with Crippen molar-refractivity contribution >= 4 is 32.6 Å². The van der Waals surface area contributed by atoms with Crippen LogP contribution in [0.2, 0.25) is 0 Å². The second-order valence-corrected chi connectivity index (χ2v) is 11.2. The van der Waals surface area contributed by atoms with Crippen LogP contribution < -0.4 is 0 Å². The average Bonchev–Trinajstić information content (AvgIpc) is 3.90. The number of nitrogens with zero attached hydrogens (tertiary/aromatic N) is 3. The Bertz CT molecular complexity index is 2470. The maximum atomic E-state index is 5.64. The molecule has 0 aliphatic heterocycles. The smallest absolute Gasteiger partial charge is 0.181 e. The van der Waals surface area contributed by atoms with Crippen LogP contribution in [-0.2, 0) is 0 Å². The molecule has 3 aromatic heterocycles. The normalized spacial score (nSPS) is 11.6. The summed E-state index contributed by atoms with van der Waals surface area (Å²) in [6.07, 6.45) is 6.45. The molecule has 45 heavy (non-hydrogen) atoms. The first-order valence-electron chi connectivity index (χ1n) is 14.9. The Labute approximate surface area is 258 Å². The van der Waals surface area contributed by atoms with Crippen molar-refractivity contribution in [1.82, 2.24) is 14.5 Å². The molecule has 3 heterocycles. The van der Waals surface area contributed by atoms with E-state index in [9.17, 15) is 0 Å². The van der Waals surface area contributed by atoms with Crippen molar-refractivity contribution in [2.45, 2.75) is 0 Å². The van der Waals surface area contributed by atoms with Crippen molar-refractivity contribution in [3.63, 3.8) is 0 Å². The van der Waals surface area contributed by atoms with Gasteiger partial charge in [-0.3, -0.25) is 0 Å². The summed E-state index contributed by atoms with van der Waals surface area (Å²) >= 11 is 0. The topological polar surface area (TPSA) is 57.0 Å². The molecule has 212 valence electrons. The molecule has 0 N–H and O–H groups in total. The van der Waals surface area contributed by atoms with Gasteiger partial charge < -0.3 is 13.4 Å². The van der Waals surface area contributed by atoms with Gasteiger partial charge in [-0.2, -0.15) is 0 Å². The Hall–Kier alpha value is -6.20. The number of oxazole rings is 2. The molecule has 5 heteroatoms. The maximum absolute atomic E-state index is 5.64. The molecule has 0 amide bonds. The van der Waals surface area contributed by atoms with Gasteiger partial charge in [0.05, 0.1) is 23.4 Å². The largest absolute Gasteiger partial charge is 0.444 e. The zero-order valence-electron chi connectivity index (χ0n) is 24.1. The van der Waals surface area contributed by atoms with E-state index in [0.717, 1.165) is 56.1 Å². The third-order valence-electron chi connectivity index (χ3n) is 8.59. The number of fused-ring (bicyclic) bond motifs is 5. The first kappa shape index (κ1) is 25.3. The van der Waals surface area contributed by atoms with E-state index >= 15 is 0 Å². The molecule has 0 spiro atoms. The number of benzene rings is 6. The van der Waals surface area contributed by atoms with Gasteiger partial charge in [-0.05, 0) is 69.4 Å². The van der Waals surface area contributed by atoms with E-state index in [2.05, 4.69) is 142 Å². The van der Waals surface area contributed by atoms with Crippen LogP contribution in [0, 0.1) is 0 Å². The minimum Gasteiger partial charge on any atom is -0.444 e. The Morgan fingerprint density at radius 1 is 0.444 bits per heavy atom. The molecular weight excluding hydrogens is 554 g/mol. The minimum absolute atomic E-state index is 0.751. The van der Waals surface area contributed by atoms with Gasteiger partial charge in [-0.15, -0.1) is 0 Å². The van der Waals surface area contributed by atoms with E-state index in [4.69, 9.17) is 8.83 Å². The van der Waals surface area contributed by atoms with Crippen LogP contribution >= 0.6 is 0 Å². The molecule has 0 bridgehead atoms. The number of aromatic nitrogens is 3. The molecule has 9 aromatic rings. The van der Waals surface area contributed by atoms with Crippen LogP contribution in [-0.4, -0.2) is 14.5 Å². The van der Waals surface area contributed by atoms with Crippen molar-refractivity contribution in [1.29, 1.82) is 0 Å². The molecule has 0 saturated heterocycles. The van der Waals surface area contributed by atoms with Crippen LogP contribution in [0.5, 0.6) is 0 Å². The lowest BCUT2D eigenvalue weighted by atomic mass is 9.93. The fraction of sp³-hybridized carbons (Fsp3) is 0. The van der Waals surface area contributed by atoms with Crippen molar-refractivity contribution in [2.24, 2.45) is 0 Å². The summed E-state index contributed by atoms with van der Waals surface area (Å²) in [4.78, 5) is 8.24. The zero-order valence-corrected chi connectivity index (χ0v) is 24.1. The fourth-order valence-corrected chi connectivity index (χ4v) is 6.56. The summed E-state index contributed by atoms with van der Waals surface area (Å²) in [5, 5.41) is 4.87. The molecule has 0 fully saturated rings. The third kappa shape index (κ3) is 4.17. The summed E-state index contributed by atoms with van der Waals surface area (Å²) < 4.78 is 13.6. The molecule has 0 saturated carbocycles. The highest BCUT2D eigenvalue weighted by Crippen LogP contribution is 2.43. The Morgan fingerprint density at radius 3 is 1.78 bits per heavy atom. The SMILES string of the molecule is c1ccc(-n2c3cc(-c4cccc(-c5cnco5)c4)ccc3c3c4ccccc4c(-c4cccc(-c5cnco5)c4)cc32)cc1. The van der Waals surface area contributed by atoms with Gasteiger partial charge in [-0.1, -0.05) is 91.0 Å². The van der Waals surface area contributed by atoms with Crippen LogP contribution in [0.4, 0.5) is 0 Å². The lowest BCUT2D eigenvalue weighted by molar-refractivity contribution is 0.571. The molecular formula is C40H25N3O2. The average molecular weight is 580 g/mol. The predicted octanol–water partition coefficient (Wildman–Crippen LogP) is 10.6. The van der Waals surface area contributed by atoms with Crippen molar-refractivity contribution in [2.75, 3.05) is 0 Å². The van der Waals surface area contributed by atoms with Crippen LogP contribution in [0.1, 0.15) is 0 Å². The monoisotopic (exact) mass is 579 g/mol. The molecule has 0 aliphatic carbocycles. The van der Waals surface area contributed by atoms with Gasteiger partial charge in [0, 0.05) is 27.6 Å². The van der Waals surface area contributed by atoms with E-state index in [1.54, 1.807) is 12.4 Å². The van der Waals surface area contributed by atoms with Gasteiger partial charge in [0.15, 0.2) is 24.3 Å². The van der Waals surface area contributed by atoms with Crippen molar-refractivity contribution in [3.05, 3.63) is 153 Å². The number of hydrogen-bond donors (Lipinski definition) is 0. The van der Waals surface area contributed by atoms with Gasteiger partial charge in [0.25, 0.3) is 0 Å². The van der Waals surface area contributed by atoms with Gasteiger partial charge >= 0.3 is 0 Å². The summed E-state index contributed by atoms with van der Waals surface area (Å²) in [5.41, 5.74) is 9.95. The van der Waals surface area contributed by atoms with Crippen LogP contribution in [0.15, 0.2) is 161 Å². The second-order valence-electron chi connectivity index (χ2n) is 11.2. The van der Waals surface area contributed by atoms with Gasteiger partial charge in [0.2, 0.25) is 0 Å². The maximum Gasteiger partial charge on any atom is 0.181 e. The van der Waals surface area contributed by atoms with E-state index in [-0.39, 0.29) is 0 Å². The molecule has 0 unspecified atom stereocenters. The summed E-state index contributed by atoms with van der Waals surface area (Å²) in [7, 11) is 0. The zero-order chi connectivity index (χ0) is 29.7. The second kappa shape index (κ2) is 10.2. The van der Waals surface area contributed by atoms with Crippen LogP contribution in [0.25, 0.3) is 83.2 Å². The van der Waals surface area contributed by atoms with Gasteiger partial charge in [-0.25, -0.2) is 9.97 Å². The molecule has 0 radical (unpaired) electrons. The van der Waals surface area contributed by atoms with E-state index in [0.29, 0.717) is 0 Å². The van der Waals surface area contributed by atoms with Gasteiger partial charge in [0.1, 0.15) is 0 Å². The molecule has 0 atom stereocenters. The number of rotatable bonds is 5. The van der Waals surface area contributed by atoms with Crippen molar-refractivity contribution in [3.8, 4) is 50.6 Å². The molecule has 9 rings (SSSR count). The third-order valence-corrected chi connectivity index (χ3v) is 8.59. The highest BCUT2D eigenvalue weighted by molar-refractivity contribution is 6.24. The van der Waals surface area contributed by atoms with Crippen LogP contribution in [0.3, 0.4) is 0 Å². The summed E-state index contributed by atoms with van der Waals surface area (Å²) in [6, 6.07) is 45.4. The lowest BCUT2D eigenvalue weighted by Gasteiger charge is -2.13. The summed E-state index contributed by atoms with van der Waals surface area (Å²) in [6.45, 7) is 0. The lowest BCUT2D eigenvalue weighted by Crippen LogP contribution is -1.94. The number of hydrogen-bond acceptors (Lipinski definition) is 4. The molecule has 6 aromatic carbocycles. The molecule has 5 nitrogen and oxygen atoms in total.